The molecule has 0 aromatic carbocycles. The number of anilines is 1. The Kier molecular flexibility index (Phi) is 3.71. The molecule has 1 saturated carbocycles. The largest absolute Gasteiger partial charge is 0.259 e. The number of hydrogen-bond acceptors (Lipinski definition) is 4. The molecule has 1 aromatic heterocycles. The van der Waals surface area contributed by atoms with Gasteiger partial charge in [0.25, 0.3) is 0 Å². The van der Waals surface area contributed by atoms with E-state index in [1.165, 1.54) is 24.2 Å². The molecule has 0 saturated heterocycles. The van der Waals surface area contributed by atoms with Crippen LogP contribution in [0.15, 0.2) is 5.38 Å². The Hall–Kier alpha value is -0.330. The smallest absolute Gasteiger partial charge is 0.234 e. The lowest BCUT2D eigenvalue weighted by Gasteiger charge is -2.02. The molecule has 0 amide bonds. The topological polar surface area (TPSA) is 59.1 Å². The Morgan fingerprint density at radius 3 is 2.94 bits per heavy atom. The first-order valence-electron chi connectivity index (χ1n) is 5.12. The molecule has 2 rings (SSSR count). The number of halogens is 1. The van der Waals surface area contributed by atoms with Gasteiger partial charge in [0.05, 0.1) is 11.4 Å². The van der Waals surface area contributed by atoms with E-state index in [9.17, 15) is 8.42 Å². The van der Waals surface area contributed by atoms with Gasteiger partial charge in [0.2, 0.25) is 10.0 Å². The van der Waals surface area contributed by atoms with Crippen molar-refractivity contribution in [1.82, 2.24) is 4.98 Å². The van der Waals surface area contributed by atoms with Crippen LogP contribution in [0.3, 0.4) is 0 Å². The van der Waals surface area contributed by atoms with E-state index in [-0.39, 0.29) is 5.75 Å². The van der Waals surface area contributed by atoms with Gasteiger partial charge in [0.1, 0.15) is 0 Å². The monoisotopic (exact) mass is 280 g/mol. The highest BCUT2D eigenvalue weighted by atomic mass is 35.5. The predicted octanol–water partition coefficient (Wildman–Crippen LogP) is 2.39. The number of thiazole rings is 1. The Bertz CT molecular complexity index is 454. The summed E-state index contributed by atoms with van der Waals surface area (Å²) in [6, 6.07) is 0. The summed E-state index contributed by atoms with van der Waals surface area (Å²) >= 11 is 6.80. The molecule has 0 bridgehead atoms. The van der Waals surface area contributed by atoms with Crippen molar-refractivity contribution in [2.75, 3.05) is 16.4 Å². The molecule has 0 spiro atoms. The summed E-state index contributed by atoms with van der Waals surface area (Å²) in [5, 5.41) is 2.40. The summed E-state index contributed by atoms with van der Waals surface area (Å²) in [6.07, 6.45) is 2.79. The SMILES string of the molecule is O=S(=O)(CCCCl)Nc1nc(C2CC2)cs1. The number of alkyl halides is 1. The van der Waals surface area contributed by atoms with Crippen molar-refractivity contribution in [3.8, 4) is 0 Å². The minimum Gasteiger partial charge on any atom is -0.259 e. The maximum atomic E-state index is 11.6. The van der Waals surface area contributed by atoms with Crippen LogP contribution < -0.4 is 4.72 Å². The summed E-state index contributed by atoms with van der Waals surface area (Å²) < 4.78 is 25.6. The highest BCUT2D eigenvalue weighted by Gasteiger charge is 2.26. The zero-order valence-corrected chi connectivity index (χ0v) is 11.0. The summed E-state index contributed by atoms with van der Waals surface area (Å²) in [4.78, 5) is 4.26. The number of rotatable bonds is 6. The second-order valence-corrected chi connectivity index (χ2v) is 6.89. The molecule has 1 aromatic rings. The third kappa shape index (κ3) is 3.33. The van der Waals surface area contributed by atoms with Gasteiger partial charge in [0, 0.05) is 17.2 Å². The van der Waals surface area contributed by atoms with Crippen LogP contribution in [0.1, 0.15) is 30.9 Å². The van der Waals surface area contributed by atoms with Gasteiger partial charge in [-0.1, -0.05) is 0 Å². The third-order valence-corrected chi connectivity index (χ3v) is 4.81. The first kappa shape index (κ1) is 12.1. The zero-order chi connectivity index (χ0) is 11.6. The number of nitrogens with one attached hydrogen (secondary N) is 1. The molecular formula is C9H13ClN2O2S2. The third-order valence-electron chi connectivity index (χ3n) is 2.31. The number of nitrogens with zero attached hydrogens (tertiary/aromatic N) is 1. The Morgan fingerprint density at radius 2 is 2.31 bits per heavy atom. The van der Waals surface area contributed by atoms with Gasteiger partial charge in [0.15, 0.2) is 5.13 Å². The van der Waals surface area contributed by atoms with E-state index in [1.54, 1.807) is 0 Å². The van der Waals surface area contributed by atoms with Crippen molar-refractivity contribution in [2.24, 2.45) is 0 Å². The van der Waals surface area contributed by atoms with Crippen LogP contribution in [-0.4, -0.2) is 25.0 Å². The lowest BCUT2D eigenvalue weighted by Crippen LogP contribution is -2.16. The summed E-state index contributed by atoms with van der Waals surface area (Å²) in [5.74, 6) is 0.957. The average Bonchev–Trinajstić information content (AvgIpc) is 2.98. The van der Waals surface area contributed by atoms with Gasteiger partial charge in [-0.3, -0.25) is 4.72 Å². The number of hydrogen-bond donors (Lipinski definition) is 1. The minimum absolute atomic E-state index is 0.0504. The molecule has 0 radical (unpaired) electrons. The van der Waals surface area contributed by atoms with Gasteiger partial charge in [-0.15, -0.1) is 22.9 Å². The van der Waals surface area contributed by atoms with Crippen molar-refractivity contribution in [2.45, 2.75) is 25.2 Å². The lowest BCUT2D eigenvalue weighted by molar-refractivity contribution is 0.600. The molecule has 4 nitrogen and oxygen atoms in total. The molecule has 7 heteroatoms. The fourth-order valence-electron chi connectivity index (χ4n) is 1.33. The van der Waals surface area contributed by atoms with Crippen molar-refractivity contribution in [1.29, 1.82) is 0 Å². The van der Waals surface area contributed by atoms with Crippen LogP contribution >= 0.6 is 22.9 Å². The van der Waals surface area contributed by atoms with Gasteiger partial charge in [-0.2, -0.15) is 0 Å². The van der Waals surface area contributed by atoms with Crippen molar-refractivity contribution < 1.29 is 8.42 Å². The maximum absolute atomic E-state index is 11.6. The van der Waals surface area contributed by atoms with Crippen LogP contribution in [-0.2, 0) is 10.0 Å². The Morgan fingerprint density at radius 1 is 1.56 bits per heavy atom. The first-order valence-corrected chi connectivity index (χ1v) is 8.19. The fraction of sp³-hybridized carbons (Fsp3) is 0.667. The Balaban J connectivity index is 1.96. The van der Waals surface area contributed by atoms with Gasteiger partial charge in [-0.05, 0) is 19.3 Å². The van der Waals surface area contributed by atoms with Crippen LogP contribution in [0.25, 0.3) is 0 Å². The van der Waals surface area contributed by atoms with Crippen molar-refractivity contribution in [3.63, 3.8) is 0 Å². The maximum Gasteiger partial charge on any atom is 0.234 e. The number of aromatic nitrogens is 1. The molecule has 90 valence electrons. The molecular weight excluding hydrogens is 268 g/mol. The van der Waals surface area contributed by atoms with Crippen LogP contribution in [0.5, 0.6) is 0 Å². The highest BCUT2D eigenvalue weighted by molar-refractivity contribution is 7.92. The Labute approximate surface area is 104 Å². The van der Waals surface area contributed by atoms with E-state index in [4.69, 9.17) is 11.6 Å². The molecule has 0 unspecified atom stereocenters. The fourth-order valence-corrected chi connectivity index (χ4v) is 3.77. The van der Waals surface area contributed by atoms with Crippen LogP contribution in [0.2, 0.25) is 0 Å². The first-order chi connectivity index (χ1) is 7.61. The van der Waals surface area contributed by atoms with E-state index >= 15 is 0 Å². The molecule has 16 heavy (non-hydrogen) atoms. The van der Waals surface area contributed by atoms with Crippen molar-refractivity contribution in [3.05, 3.63) is 11.1 Å². The van der Waals surface area contributed by atoms with Gasteiger partial charge in [-0.25, -0.2) is 13.4 Å². The lowest BCUT2D eigenvalue weighted by atomic mass is 10.3. The average molecular weight is 281 g/mol. The quantitative estimate of drug-likeness (QED) is 0.814. The van der Waals surface area contributed by atoms with Crippen LogP contribution in [0.4, 0.5) is 5.13 Å². The van der Waals surface area contributed by atoms with Gasteiger partial charge >= 0.3 is 0 Å². The molecule has 0 aliphatic heterocycles. The molecule has 1 heterocycles. The summed E-state index contributed by atoms with van der Waals surface area (Å²) in [6.45, 7) is 0. The zero-order valence-electron chi connectivity index (χ0n) is 8.65. The number of sulfonamides is 1. The minimum atomic E-state index is -3.28. The van der Waals surface area contributed by atoms with Crippen molar-refractivity contribution >= 4 is 38.1 Å². The molecule has 1 fully saturated rings. The van der Waals surface area contributed by atoms with E-state index < -0.39 is 10.0 Å². The summed E-state index contributed by atoms with van der Waals surface area (Å²) in [5.41, 5.74) is 1.01. The highest BCUT2D eigenvalue weighted by Crippen LogP contribution is 2.40. The van der Waals surface area contributed by atoms with E-state index in [2.05, 4.69) is 9.71 Å². The molecule has 1 aliphatic rings. The van der Waals surface area contributed by atoms with E-state index in [0.717, 1.165) is 5.69 Å². The second-order valence-electron chi connectivity index (χ2n) is 3.82. The molecule has 1 aliphatic carbocycles. The molecule has 0 atom stereocenters. The van der Waals surface area contributed by atoms with Gasteiger partial charge < -0.3 is 0 Å². The van der Waals surface area contributed by atoms with Crippen LogP contribution in [0, 0.1) is 0 Å². The second kappa shape index (κ2) is 4.89. The van der Waals surface area contributed by atoms with E-state index in [0.29, 0.717) is 23.4 Å². The molecule has 1 N–H and O–H groups in total. The normalized spacial score (nSPS) is 16.3. The van der Waals surface area contributed by atoms with E-state index in [1.807, 2.05) is 5.38 Å². The predicted molar refractivity (Wildman–Crippen MR) is 66.8 cm³/mol. The standard InChI is InChI=1S/C9H13ClN2O2S2/c10-4-1-5-16(13,14)12-9-11-8(6-15-9)7-2-3-7/h6-7H,1-5H2,(H,11,12). The summed E-state index contributed by atoms with van der Waals surface area (Å²) in [7, 11) is -3.28.